The van der Waals surface area contributed by atoms with Crippen molar-refractivity contribution in [2.75, 3.05) is 31.5 Å². The summed E-state index contributed by atoms with van der Waals surface area (Å²) in [5.74, 6) is 0. The fraction of sp³-hybridized carbons (Fsp3) is 0.412. The summed E-state index contributed by atoms with van der Waals surface area (Å²) in [4.78, 5) is 4.70. The van der Waals surface area contributed by atoms with E-state index in [0.717, 1.165) is 48.0 Å². The normalized spacial score (nSPS) is 15.5. The Bertz CT molecular complexity index is 704. The van der Waals surface area contributed by atoms with Gasteiger partial charge >= 0.3 is 0 Å². The summed E-state index contributed by atoms with van der Waals surface area (Å²) in [5.41, 5.74) is 3.57. The first-order valence-electron chi connectivity index (χ1n) is 8.04. The molecule has 5 nitrogen and oxygen atoms in total. The van der Waals surface area contributed by atoms with Crippen LogP contribution < -0.4 is 5.32 Å². The predicted molar refractivity (Wildman–Crippen MR) is 105 cm³/mol. The summed E-state index contributed by atoms with van der Waals surface area (Å²) in [6, 6.07) is 8.08. The van der Waals surface area contributed by atoms with Gasteiger partial charge in [-0.2, -0.15) is 5.10 Å². The largest absolute Gasteiger partial charge is 0.346 e. The highest BCUT2D eigenvalue weighted by molar-refractivity contribution is 9.10. The molecule has 2 heterocycles. The second-order valence-corrected chi connectivity index (χ2v) is 7.38. The van der Waals surface area contributed by atoms with Crippen molar-refractivity contribution in [2.45, 2.75) is 13.5 Å². The molecule has 1 aromatic heterocycles. The van der Waals surface area contributed by atoms with Gasteiger partial charge in [-0.3, -0.25) is 9.58 Å². The van der Waals surface area contributed by atoms with Crippen LogP contribution in [0.3, 0.4) is 0 Å². The van der Waals surface area contributed by atoms with Crippen LogP contribution in [0.25, 0.3) is 0 Å². The number of piperazine rings is 1. The molecule has 0 bridgehead atoms. The number of benzene rings is 1. The van der Waals surface area contributed by atoms with Gasteiger partial charge in [-0.05, 0) is 43.4 Å². The highest BCUT2D eigenvalue weighted by atomic mass is 79.9. The fourth-order valence-corrected chi connectivity index (χ4v) is 3.35. The predicted octanol–water partition coefficient (Wildman–Crippen LogP) is 3.01. The van der Waals surface area contributed by atoms with Gasteiger partial charge in [0.1, 0.15) is 0 Å². The maximum Gasteiger partial charge on any atom is 0.173 e. The molecule has 1 aliphatic heterocycles. The summed E-state index contributed by atoms with van der Waals surface area (Å²) in [7, 11) is 1.99. The van der Waals surface area contributed by atoms with E-state index in [1.807, 2.05) is 42.2 Å². The molecule has 0 aliphatic carbocycles. The molecule has 0 saturated carbocycles. The summed E-state index contributed by atoms with van der Waals surface area (Å²) in [6.07, 6.45) is 1.97. The van der Waals surface area contributed by atoms with E-state index in [4.69, 9.17) is 12.2 Å². The van der Waals surface area contributed by atoms with E-state index >= 15 is 0 Å². The zero-order valence-electron chi connectivity index (χ0n) is 14.0. The molecule has 3 rings (SSSR count). The lowest BCUT2D eigenvalue weighted by atomic mass is 10.2. The Hall–Kier alpha value is -1.44. The zero-order valence-corrected chi connectivity index (χ0v) is 16.4. The van der Waals surface area contributed by atoms with Crippen molar-refractivity contribution < 1.29 is 0 Å². The molecule has 2 aromatic rings. The second-order valence-electron chi connectivity index (χ2n) is 6.08. The van der Waals surface area contributed by atoms with Gasteiger partial charge in [-0.1, -0.05) is 15.9 Å². The Morgan fingerprint density at radius 1 is 1.21 bits per heavy atom. The molecule has 0 amide bonds. The number of aromatic nitrogens is 2. The number of rotatable bonds is 3. The number of aryl methyl sites for hydroxylation is 1. The van der Waals surface area contributed by atoms with Gasteiger partial charge in [0.05, 0.1) is 6.20 Å². The second kappa shape index (κ2) is 7.63. The van der Waals surface area contributed by atoms with Crippen LogP contribution in [0.2, 0.25) is 0 Å². The maximum atomic E-state index is 5.55. The van der Waals surface area contributed by atoms with Gasteiger partial charge in [0, 0.05) is 61.2 Å². The van der Waals surface area contributed by atoms with Gasteiger partial charge < -0.3 is 10.2 Å². The lowest BCUT2D eigenvalue weighted by molar-refractivity contribution is 0.176. The summed E-state index contributed by atoms with van der Waals surface area (Å²) < 4.78 is 3.00. The lowest BCUT2D eigenvalue weighted by Crippen LogP contribution is -2.49. The van der Waals surface area contributed by atoms with Crippen LogP contribution in [0.15, 0.2) is 34.9 Å². The van der Waals surface area contributed by atoms with Crippen LogP contribution in [0, 0.1) is 6.92 Å². The van der Waals surface area contributed by atoms with Gasteiger partial charge in [-0.15, -0.1) is 0 Å². The number of halogens is 1. The van der Waals surface area contributed by atoms with E-state index in [0.29, 0.717) is 0 Å². The first-order valence-corrected chi connectivity index (χ1v) is 9.24. The minimum atomic E-state index is 0.800. The van der Waals surface area contributed by atoms with Crippen molar-refractivity contribution in [1.29, 1.82) is 0 Å². The Morgan fingerprint density at radius 3 is 2.46 bits per heavy atom. The van der Waals surface area contributed by atoms with Gasteiger partial charge in [0.25, 0.3) is 0 Å². The Balaban J connectivity index is 1.50. The average Bonchev–Trinajstić information content (AvgIpc) is 2.90. The molecule has 24 heavy (non-hydrogen) atoms. The third-order valence-electron chi connectivity index (χ3n) is 4.49. The zero-order chi connectivity index (χ0) is 17.1. The lowest BCUT2D eigenvalue weighted by Gasteiger charge is -2.36. The van der Waals surface area contributed by atoms with E-state index in [-0.39, 0.29) is 0 Å². The van der Waals surface area contributed by atoms with Crippen molar-refractivity contribution >= 4 is 38.9 Å². The van der Waals surface area contributed by atoms with E-state index in [2.05, 4.69) is 43.1 Å². The van der Waals surface area contributed by atoms with Crippen molar-refractivity contribution in [1.82, 2.24) is 19.6 Å². The monoisotopic (exact) mass is 407 g/mol. The molecule has 1 aromatic carbocycles. The van der Waals surface area contributed by atoms with Crippen molar-refractivity contribution in [2.24, 2.45) is 7.05 Å². The minimum absolute atomic E-state index is 0.800. The molecule has 128 valence electrons. The molecule has 1 N–H and O–H groups in total. The molecule has 0 unspecified atom stereocenters. The first-order chi connectivity index (χ1) is 11.5. The molecule has 1 saturated heterocycles. The van der Waals surface area contributed by atoms with Crippen molar-refractivity contribution in [3.8, 4) is 0 Å². The van der Waals surface area contributed by atoms with Crippen molar-refractivity contribution in [3.05, 3.63) is 46.2 Å². The molecule has 0 atom stereocenters. The number of hydrogen-bond acceptors (Lipinski definition) is 3. The van der Waals surface area contributed by atoms with Crippen LogP contribution in [-0.4, -0.2) is 50.9 Å². The maximum absolute atomic E-state index is 5.55. The molecular formula is C17H22BrN5S. The number of anilines is 1. The highest BCUT2D eigenvalue weighted by Crippen LogP contribution is 2.16. The van der Waals surface area contributed by atoms with Crippen molar-refractivity contribution in [3.63, 3.8) is 0 Å². The number of hydrogen-bond donors (Lipinski definition) is 1. The highest BCUT2D eigenvalue weighted by Gasteiger charge is 2.20. The Morgan fingerprint density at radius 2 is 1.88 bits per heavy atom. The van der Waals surface area contributed by atoms with E-state index in [1.54, 1.807) is 0 Å². The third kappa shape index (κ3) is 4.15. The van der Waals surface area contributed by atoms with Crippen LogP contribution in [-0.2, 0) is 13.6 Å². The van der Waals surface area contributed by atoms with E-state index in [9.17, 15) is 0 Å². The van der Waals surface area contributed by atoms with E-state index in [1.165, 1.54) is 11.3 Å². The molecule has 1 aliphatic rings. The number of thiocarbonyl (C=S) groups is 1. The quantitative estimate of drug-likeness (QED) is 0.791. The Kier molecular flexibility index (Phi) is 5.53. The minimum Gasteiger partial charge on any atom is -0.346 e. The SMILES string of the molecule is Cc1c(CN2CCN(C(=S)Nc3ccc(Br)cc3)CC2)cnn1C. The summed E-state index contributed by atoms with van der Waals surface area (Å²) >= 11 is 9.00. The van der Waals surface area contributed by atoms with Crippen LogP contribution >= 0.6 is 28.1 Å². The molecular weight excluding hydrogens is 386 g/mol. The number of nitrogens with one attached hydrogen (secondary N) is 1. The standard InChI is InChI=1S/C17H22BrN5S/c1-13-14(11-19-21(13)2)12-22-7-9-23(10-8-22)17(24)20-16-5-3-15(18)4-6-16/h3-6,11H,7-10,12H2,1-2H3,(H,20,24). The smallest absolute Gasteiger partial charge is 0.173 e. The molecule has 0 radical (unpaired) electrons. The topological polar surface area (TPSA) is 36.3 Å². The number of nitrogens with zero attached hydrogens (tertiary/aromatic N) is 4. The molecule has 0 spiro atoms. The van der Waals surface area contributed by atoms with Crippen LogP contribution in [0.5, 0.6) is 0 Å². The third-order valence-corrected chi connectivity index (χ3v) is 5.37. The van der Waals surface area contributed by atoms with Gasteiger partial charge in [0.2, 0.25) is 0 Å². The Labute approximate surface area is 156 Å². The molecule has 1 fully saturated rings. The molecule has 7 heteroatoms. The van der Waals surface area contributed by atoms with Crippen LogP contribution in [0.4, 0.5) is 5.69 Å². The summed E-state index contributed by atoms with van der Waals surface area (Å²) in [5, 5.41) is 8.44. The first kappa shape index (κ1) is 17.4. The van der Waals surface area contributed by atoms with Gasteiger partial charge in [0.15, 0.2) is 5.11 Å². The fourth-order valence-electron chi connectivity index (χ4n) is 2.79. The summed E-state index contributed by atoms with van der Waals surface area (Å²) in [6.45, 7) is 6.99. The van der Waals surface area contributed by atoms with Gasteiger partial charge in [-0.25, -0.2) is 0 Å². The van der Waals surface area contributed by atoms with Crippen LogP contribution in [0.1, 0.15) is 11.3 Å². The average molecular weight is 408 g/mol. The van der Waals surface area contributed by atoms with E-state index < -0.39 is 0 Å².